The van der Waals surface area contributed by atoms with Gasteiger partial charge in [0.15, 0.2) is 5.13 Å². The maximum Gasteiger partial charge on any atom is 0.185 e. The first-order valence-electron chi connectivity index (χ1n) is 6.62. The van der Waals surface area contributed by atoms with Crippen LogP contribution >= 0.6 is 11.3 Å². The van der Waals surface area contributed by atoms with E-state index in [1.807, 2.05) is 6.20 Å². The minimum absolute atomic E-state index is 0.813. The lowest BCUT2D eigenvalue weighted by atomic mass is 10.1. The van der Waals surface area contributed by atoms with Gasteiger partial charge in [-0.1, -0.05) is 13.8 Å². The molecule has 0 saturated carbocycles. The smallest absolute Gasteiger partial charge is 0.185 e. The first-order chi connectivity index (χ1) is 8.25. The number of nitrogens with zero attached hydrogens (tertiary/aromatic N) is 3. The van der Waals surface area contributed by atoms with Crippen LogP contribution in [0.1, 0.15) is 26.7 Å². The summed E-state index contributed by atoms with van der Waals surface area (Å²) in [4.78, 5) is 9.44. The summed E-state index contributed by atoms with van der Waals surface area (Å²) in [5, 5.41) is 3.26. The van der Waals surface area contributed by atoms with E-state index in [9.17, 15) is 0 Å². The Kier molecular flexibility index (Phi) is 4.80. The SMILES string of the molecule is CC(C)CCN1CCCN(c2nccs2)CC1. The summed E-state index contributed by atoms with van der Waals surface area (Å²) in [7, 11) is 0. The summed E-state index contributed by atoms with van der Waals surface area (Å²) in [6, 6.07) is 0. The number of thiazole rings is 1. The molecule has 1 fully saturated rings. The van der Waals surface area contributed by atoms with Crippen molar-refractivity contribution in [3.05, 3.63) is 11.6 Å². The molecule has 1 aromatic rings. The van der Waals surface area contributed by atoms with Crippen LogP contribution in [0.25, 0.3) is 0 Å². The summed E-state index contributed by atoms with van der Waals surface area (Å²) in [5.41, 5.74) is 0. The molecule has 96 valence electrons. The van der Waals surface area contributed by atoms with E-state index in [-0.39, 0.29) is 0 Å². The highest BCUT2D eigenvalue weighted by Gasteiger charge is 2.16. The molecule has 1 saturated heterocycles. The van der Waals surface area contributed by atoms with Crippen LogP contribution in [0, 0.1) is 5.92 Å². The Bertz CT molecular complexity index is 310. The second-order valence-electron chi connectivity index (χ2n) is 5.18. The number of hydrogen-bond donors (Lipinski definition) is 0. The predicted molar refractivity (Wildman–Crippen MR) is 74.8 cm³/mol. The highest BCUT2D eigenvalue weighted by molar-refractivity contribution is 7.13. The second-order valence-corrected chi connectivity index (χ2v) is 6.05. The van der Waals surface area contributed by atoms with E-state index in [1.54, 1.807) is 11.3 Å². The summed E-state index contributed by atoms with van der Waals surface area (Å²) in [5.74, 6) is 0.813. The van der Waals surface area contributed by atoms with Gasteiger partial charge in [-0.3, -0.25) is 0 Å². The van der Waals surface area contributed by atoms with Crippen LogP contribution in [-0.4, -0.2) is 42.6 Å². The molecule has 1 aliphatic rings. The lowest BCUT2D eigenvalue weighted by Gasteiger charge is -2.22. The Morgan fingerprint density at radius 3 is 2.88 bits per heavy atom. The molecular weight excluding hydrogens is 230 g/mol. The van der Waals surface area contributed by atoms with Gasteiger partial charge in [-0.15, -0.1) is 11.3 Å². The topological polar surface area (TPSA) is 19.4 Å². The van der Waals surface area contributed by atoms with Crippen molar-refractivity contribution < 1.29 is 0 Å². The average molecular weight is 253 g/mol. The molecule has 4 heteroatoms. The van der Waals surface area contributed by atoms with Crippen LogP contribution < -0.4 is 4.90 Å². The largest absolute Gasteiger partial charge is 0.347 e. The maximum absolute atomic E-state index is 4.41. The average Bonchev–Trinajstić information content (AvgIpc) is 2.73. The third kappa shape index (κ3) is 3.96. The van der Waals surface area contributed by atoms with Crippen LogP contribution in [0.15, 0.2) is 11.6 Å². The molecular formula is C13H23N3S. The minimum Gasteiger partial charge on any atom is -0.347 e. The first kappa shape index (κ1) is 12.8. The normalized spacial score (nSPS) is 18.6. The molecule has 1 aliphatic heterocycles. The zero-order valence-electron chi connectivity index (χ0n) is 10.9. The van der Waals surface area contributed by atoms with Gasteiger partial charge < -0.3 is 9.80 Å². The Labute approximate surface area is 108 Å². The van der Waals surface area contributed by atoms with E-state index in [4.69, 9.17) is 0 Å². The highest BCUT2D eigenvalue weighted by atomic mass is 32.1. The highest BCUT2D eigenvalue weighted by Crippen LogP contribution is 2.19. The van der Waals surface area contributed by atoms with Crippen molar-refractivity contribution in [2.24, 2.45) is 5.92 Å². The fraction of sp³-hybridized carbons (Fsp3) is 0.769. The molecule has 3 nitrogen and oxygen atoms in total. The molecule has 0 spiro atoms. The van der Waals surface area contributed by atoms with Crippen molar-refractivity contribution in [1.29, 1.82) is 0 Å². The van der Waals surface area contributed by atoms with E-state index in [0.717, 1.165) is 19.0 Å². The van der Waals surface area contributed by atoms with Crippen LogP contribution in [0.3, 0.4) is 0 Å². The van der Waals surface area contributed by atoms with Gasteiger partial charge in [0.25, 0.3) is 0 Å². The van der Waals surface area contributed by atoms with Crippen molar-refractivity contribution in [3.63, 3.8) is 0 Å². The minimum atomic E-state index is 0.813. The lowest BCUT2D eigenvalue weighted by molar-refractivity contribution is 0.275. The van der Waals surface area contributed by atoms with Crippen molar-refractivity contribution in [3.8, 4) is 0 Å². The molecule has 1 aromatic heterocycles. The molecule has 0 unspecified atom stereocenters. The first-order valence-corrected chi connectivity index (χ1v) is 7.50. The Morgan fingerprint density at radius 2 is 2.18 bits per heavy atom. The molecule has 2 rings (SSSR count). The third-order valence-corrected chi connectivity index (χ3v) is 4.13. The van der Waals surface area contributed by atoms with Gasteiger partial charge in [0.2, 0.25) is 0 Å². The van der Waals surface area contributed by atoms with E-state index in [1.165, 1.54) is 37.6 Å². The maximum atomic E-state index is 4.41. The molecule has 2 heterocycles. The summed E-state index contributed by atoms with van der Waals surface area (Å²) >= 11 is 1.75. The molecule has 17 heavy (non-hydrogen) atoms. The predicted octanol–water partition coefficient (Wildman–Crippen LogP) is 2.70. The zero-order chi connectivity index (χ0) is 12.1. The van der Waals surface area contributed by atoms with Gasteiger partial charge in [-0.25, -0.2) is 4.98 Å². The van der Waals surface area contributed by atoms with Crippen molar-refractivity contribution >= 4 is 16.5 Å². The van der Waals surface area contributed by atoms with E-state index in [0.29, 0.717) is 0 Å². The number of rotatable bonds is 4. The fourth-order valence-electron chi connectivity index (χ4n) is 2.20. The molecule has 0 aliphatic carbocycles. The monoisotopic (exact) mass is 253 g/mol. The number of hydrogen-bond acceptors (Lipinski definition) is 4. The van der Waals surface area contributed by atoms with Gasteiger partial charge in [0.05, 0.1) is 0 Å². The van der Waals surface area contributed by atoms with Gasteiger partial charge in [-0.2, -0.15) is 0 Å². The van der Waals surface area contributed by atoms with Crippen molar-refractivity contribution in [2.75, 3.05) is 37.6 Å². The zero-order valence-corrected chi connectivity index (χ0v) is 11.7. The van der Waals surface area contributed by atoms with E-state index < -0.39 is 0 Å². The molecule has 0 bridgehead atoms. The second kappa shape index (κ2) is 6.36. The van der Waals surface area contributed by atoms with Crippen LogP contribution in [0.2, 0.25) is 0 Å². The number of aromatic nitrogens is 1. The quantitative estimate of drug-likeness (QED) is 0.822. The van der Waals surface area contributed by atoms with Crippen molar-refractivity contribution in [2.45, 2.75) is 26.7 Å². The van der Waals surface area contributed by atoms with Gasteiger partial charge in [0.1, 0.15) is 0 Å². The summed E-state index contributed by atoms with van der Waals surface area (Å²) in [6.45, 7) is 10.6. The number of anilines is 1. The molecule has 0 atom stereocenters. The Hall–Kier alpha value is -0.610. The van der Waals surface area contributed by atoms with Crippen LogP contribution in [-0.2, 0) is 0 Å². The van der Waals surface area contributed by atoms with Crippen LogP contribution in [0.5, 0.6) is 0 Å². The fourth-order valence-corrected chi connectivity index (χ4v) is 2.90. The molecule has 0 aromatic carbocycles. The van der Waals surface area contributed by atoms with Gasteiger partial charge in [0, 0.05) is 31.2 Å². The molecule has 0 amide bonds. The summed E-state index contributed by atoms with van der Waals surface area (Å²) < 4.78 is 0. The van der Waals surface area contributed by atoms with Crippen LogP contribution in [0.4, 0.5) is 5.13 Å². The van der Waals surface area contributed by atoms with Crippen molar-refractivity contribution in [1.82, 2.24) is 9.88 Å². The Balaban J connectivity index is 1.81. The van der Waals surface area contributed by atoms with E-state index in [2.05, 4.69) is 34.0 Å². The standard InChI is InChI=1S/C13H23N3S/c1-12(2)4-8-15-6-3-7-16(10-9-15)13-14-5-11-17-13/h5,11-12H,3-4,6-10H2,1-2H3. The van der Waals surface area contributed by atoms with E-state index >= 15 is 0 Å². The lowest BCUT2D eigenvalue weighted by Crippen LogP contribution is -2.31. The summed E-state index contributed by atoms with van der Waals surface area (Å²) in [6.07, 6.45) is 4.48. The third-order valence-electron chi connectivity index (χ3n) is 3.30. The molecule has 0 radical (unpaired) electrons. The molecule has 0 N–H and O–H groups in total. The van der Waals surface area contributed by atoms with Gasteiger partial charge >= 0.3 is 0 Å². The Morgan fingerprint density at radius 1 is 1.29 bits per heavy atom. The van der Waals surface area contributed by atoms with Gasteiger partial charge in [-0.05, 0) is 31.8 Å².